The van der Waals surface area contributed by atoms with E-state index >= 15 is 0 Å². The summed E-state index contributed by atoms with van der Waals surface area (Å²) in [6.45, 7) is 4.08. The number of carbonyl (C=O) groups excluding carboxylic acids is 1. The van der Waals surface area contributed by atoms with Gasteiger partial charge in [-0.05, 0) is 32.0 Å². The third kappa shape index (κ3) is 2.18. The van der Waals surface area contributed by atoms with Gasteiger partial charge >= 0.3 is 0 Å². The lowest BCUT2D eigenvalue weighted by atomic mass is 10.1. The zero-order valence-corrected chi connectivity index (χ0v) is 11.4. The van der Waals surface area contributed by atoms with E-state index in [1.165, 1.54) is 0 Å². The Morgan fingerprint density at radius 3 is 2.95 bits per heavy atom. The van der Waals surface area contributed by atoms with E-state index < -0.39 is 0 Å². The molecular weight excluding hydrogens is 252 g/mol. The molecule has 0 aliphatic rings. The number of anilines is 1. The average molecular weight is 268 g/mol. The van der Waals surface area contributed by atoms with Gasteiger partial charge in [-0.3, -0.25) is 9.48 Å². The molecule has 2 N–H and O–H groups in total. The summed E-state index contributed by atoms with van der Waals surface area (Å²) in [5.41, 5.74) is 2.31. The van der Waals surface area contributed by atoms with Crippen LogP contribution in [0.2, 0.25) is 0 Å². The second kappa shape index (κ2) is 4.85. The van der Waals surface area contributed by atoms with Crippen molar-refractivity contribution in [3.63, 3.8) is 0 Å². The summed E-state index contributed by atoms with van der Waals surface area (Å²) in [5, 5.41) is 8.01. The van der Waals surface area contributed by atoms with Crippen LogP contribution in [0.25, 0.3) is 10.9 Å². The maximum atomic E-state index is 12.3. The Bertz CT molecular complexity index is 754. The van der Waals surface area contributed by atoms with Crippen LogP contribution in [-0.4, -0.2) is 20.7 Å². The summed E-state index contributed by atoms with van der Waals surface area (Å²) in [5.74, 6) is -0.126. The Kier molecular flexibility index (Phi) is 3.02. The van der Waals surface area contributed by atoms with Crippen LogP contribution in [0.5, 0.6) is 0 Å². The van der Waals surface area contributed by atoms with E-state index in [0.717, 1.165) is 10.9 Å². The van der Waals surface area contributed by atoms with Crippen molar-refractivity contribution in [2.24, 2.45) is 0 Å². The fraction of sp³-hybridized carbons (Fsp3) is 0.200. The van der Waals surface area contributed by atoms with Crippen molar-refractivity contribution in [2.45, 2.75) is 19.9 Å². The topological polar surface area (TPSA) is 62.7 Å². The summed E-state index contributed by atoms with van der Waals surface area (Å²) in [4.78, 5) is 15.4. The molecule has 0 aliphatic heterocycles. The third-order valence-corrected chi connectivity index (χ3v) is 3.23. The van der Waals surface area contributed by atoms with Gasteiger partial charge in [-0.25, -0.2) is 0 Å². The van der Waals surface area contributed by atoms with E-state index in [9.17, 15) is 4.79 Å². The van der Waals surface area contributed by atoms with Crippen molar-refractivity contribution in [3.8, 4) is 0 Å². The van der Waals surface area contributed by atoms with Crippen LogP contribution in [0.1, 0.15) is 30.2 Å². The Hall–Kier alpha value is -2.56. The minimum Gasteiger partial charge on any atom is -0.361 e. The summed E-state index contributed by atoms with van der Waals surface area (Å²) >= 11 is 0. The largest absolute Gasteiger partial charge is 0.361 e. The predicted molar refractivity (Wildman–Crippen MR) is 78.9 cm³/mol. The molecule has 2 aromatic heterocycles. The van der Waals surface area contributed by atoms with Crippen LogP contribution in [0.15, 0.2) is 42.9 Å². The molecule has 0 saturated heterocycles. The van der Waals surface area contributed by atoms with E-state index in [2.05, 4.69) is 15.4 Å². The molecular formula is C15H16N4O. The highest BCUT2D eigenvalue weighted by atomic mass is 16.1. The Morgan fingerprint density at radius 1 is 1.35 bits per heavy atom. The maximum absolute atomic E-state index is 12.3. The summed E-state index contributed by atoms with van der Waals surface area (Å²) in [7, 11) is 0. The number of fused-ring (bicyclic) bond motifs is 1. The number of hydrogen-bond donors (Lipinski definition) is 2. The van der Waals surface area contributed by atoms with E-state index in [1.54, 1.807) is 6.20 Å². The van der Waals surface area contributed by atoms with Gasteiger partial charge in [0.25, 0.3) is 5.91 Å². The van der Waals surface area contributed by atoms with Crippen molar-refractivity contribution in [3.05, 3.63) is 48.4 Å². The van der Waals surface area contributed by atoms with E-state index in [4.69, 9.17) is 0 Å². The number of aromatic nitrogens is 3. The van der Waals surface area contributed by atoms with Gasteiger partial charge in [0.1, 0.15) is 0 Å². The first-order valence-electron chi connectivity index (χ1n) is 6.57. The third-order valence-electron chi connectivity index (χ3n) is 3.23. The number of H-pyrrole nitrogens is 1. The molecule has 0 aliphatic carbocycles. The highest BCUT2D eigenvalue weighted by Crippen LogP contribution is 2.19. The minimum atomic E-state index is -0.126. The van der Waals surface area contributed by atoms with E-state index in [-0.39, 0.29) is 11.9 Å². The number of carbonyl (C=O) groups is 1. The number of nitrogens with one attached hydrogen (secondary N) is 2. The van der Waals surface area contributed by atoms with Crippen LogP contribution in [0.4, 0.5) is 5.69 Å². The first-order chi connectivity index (χ1) is 9.65. The van der Waals surface area contributed by atoms with Gasteiger partial charge in [0, 0.05) is 34.9 Å². The zero-order chi connectivity index (χ0) is 14.1. The molecule has 0 saturated carbocycles. The van der Waals surface area contributed by atoms with Gasteiger partial charge in [-0.15, -0.1) is 0 Å². The Labute approximate surface area is 116 Å². The molecule has 0 radical (unpaired) electrons. The lowest BCUT2D eigenvalue weighted by molar-refractivity contribution is 0.102. The fourth-order valence-electron chi connectivity index (χ4n) is 2.17. The molecule has 3 rings (SSSR count). The molecule has 0 atom stereocenters. The van der Waals surface area contributed by atoms with Gasteiger partial charge in [-0.1, -0.05) is 6.07 Å². The molecule has 5 heteroatoms. The number of rotatable bonds is 3. The molecule has 1 amide bonds. The molecule has 2 heterocycles. The van der Waals surface area contributed by atoms with Crippen molar-refractivity contribution in [1.29, 1.82) is 0 Å². The molecule has 0 unspecified atom stereocenters. The summed E-state index contributed by atoms with van der Waals surface area (Å²) in [6, 6.07) is 7.81. The fourth-order valence-corrected chi connectivity index (χ4v) is 2.17. The second-order valence-corrected chi connectivity index (χ2v) is 5.00. The second-order valence-electron chi connectivity index (χ2n) is 5.00. The van der Waals surface area contributed by atoms with Gasteiger partial charge in [0.2, 0.25) is 0 Å². The quantitative estimate of drug-likeness (QED) is 0.766. The first kappa shape index (κ1) is 12.5. The van der Waals surface area contributed by atoms with Crippen LogP contribution < -0.4 is 5.32 Å². The minimum absolute atomic E-state index is 0.126. The molecule has 20 heavy (non-hydrogen) atoms. The lowest BCUT2D eigenvalue weighted by Crippen LogP contribution is -2.11. The highest BCUT2D eigenvalue weighted by molar-refractivity contribution is 6.12. The smallest absolute Gasteiger partial charge is 0.256 e. The van der Waals surface area contributed by atoms with Gasteiger partial charge in [0.05, 0.1) is 11.9 Å². The number of nitrogens with zero attached hydrogens (tertiary/aromatic N) is 2. The van der Waals surface area contributed by atoms with Crippen molar-refractivity contribution in [1.82, 2.24) is 14.8 Å². The monoisotopic (exact) mass is 268 g/mol. The number of hydrogen-bond acceptors (Lipinski definition) is 2. The van der Waals surface area contributed by atoms with E-state index in [1.807, 2.05) is 55.2 Å². The van der Waals surface area contributed by atoms with Crippen LogP contribution in [0.3, 0.4) is 0 Å². The van der Waals surface area contributed by atoms with Gasteiger partial charge in [0.15, 0.2) is 0 Å². The Morgan fingerprint density at radius 2 is 2.20 bits per heavy atom. The van der Waals surface area contributed by atoms with Crippen LogP contribution in [-0.2, 0) is 0 Å². The maximum Gasteiger partial charge on any atom is 0.256 e. The van der Waals surface area contributed by atoms with Gasteiger partial charge < -0.3 is 10.3 Å². The van der Waals surface area contributed by atoms with Gasteiger partial charge in [-0.2, -0.15) is 5.10 Å². The van der Waals surface area contributed by atoms with Crippen LogP contribution >= 0.6 is 0 Å². The number of amides is 1. The zero-order valence-electron chi connectivity index (χ0n) is 11.4. The predicted octanol–water partition coefficient (Wildman–Crippen LogP) is 3.20. The molecule has 3 aromatic rings. The molecule has 0 spiro atoms. The first-order valence-corrected chi connectivity index (χ1v) is 6.57. The van der Waals surface area contributed by atoms with Crippen molar-refractivity contribution >= 4 is 22.5 Å². The molecule has 0 fully saturated rings. The highest BCUT2D eigenvalue weighted by Gasteiger charge is 2.11. The molecule has 0 bridgehead atoms. The SMILES string of the molecule is CC(C)n1cc(NC(=O)c2cccc3[nH]ccc23)cn1. The average Bonchev–Trinajstić information content (AvgIpc) is 3.05. The molecule has 5 nitrogen and oxygen atoms in total. The van der Waals surface area contributed by atoms with E-state index in [0.29, 0.717) is 11.3 Å². The standard InChI is InChI=1S/C15H16N4O/c1-10(2)19-9-11(8-17-19)18-15(20)13-4-3-5-14-12(13)6-7-16-14/h3-10,16H,1-2H3,(H,18,20). The lowest BCUT2D eigenvalue weighted by Gasteiger charge is -2.05. The normalized spacial score (nSPS) is 11.2. The Balaban J connectivity index is 1.87. The van der Waals surface area contributed by atoms with Crippen molar-refractivity contribution < 1.29 is 4.79 Å². The van der Waals surface area contributed by atoms with Crippen molar-refractivity contribution in [2.75, 3.05) is 5.32 Å². The summed E-state index contributed by atoms with van der Waals surface area (Å²) in [6.07, 6.45) is 5.33. The molecule has 1 aromatic carbocycles. The summed E-state index contributed by atoms with van der Waals surface area (Å²) < 4.78 is 1.81. The number of aromatic amines is 1. The molecule has 102 valence electrons. The van der Waals surface area contributed by atoms with Crippen LogP contribution in [0, 0.1) is 0 Å². The number of benzene rings is 1.